The van der Waals surface area contributed by atoms with Gasteiger partial charge in [-0.3, -0.25) is 4.79 Å². The minimum atomic E-state index is 0.261. The van der Waals surface area contributed by atoms with Crippen LogP contribution in [0.15, 0.2) is 0 Å². The molecule has 0 aromatic rings. The molecule has 3 heteroatoms. The Hall–Kier alpha value is -0.0500. The van der Waals surface area contributed by atoms with Crippen molar-refractivity contribution in [3.8, 4) is 0 Å². The molecular weight excluding hydrogens is 266 g/mol. The summed E-state index contributed by atoms with van der Waals surface area (Å²) in [6, 6.07) is 0.270. The van der Waals surface area contributed by atoms with Crippen molar-refractivity contribution in [2.24, 2.45) is 17.8 Å². The first-order valence-corrected chi connectivity index (χ1v) is 7.53. The molecule has 1 N–H and O–H groups in total. The predicted molar refractivity (Wildman–Crippen MR) is 71.7 cm³/mol. The Morgan fingerprint density at radius 3 is 2.31 bits per heavy atom. The molecule has 0 aromatic heterocycles. The fourth-order valence-electron chi connectivity index (χ4n) is 2.21. The van der Waals surface area contributed by atoms with Gasteiger partial charge in [0.1, 0.15) is 0 Å². The summed E-state index contributed by atoms with van der Waals surface area (Å²) in [5.74, 6) is 1.83. The monoisotopic (exact) mass is 289 g/mol. The lowest BCUT2D eigenvalue weighted by molar-refractivity contribution is -0.127. The van der Waals surface area contributed by atoms with Crippen LogP contribution in [0.5, 0.6) is 0 Å². The van der Waals surface area contributed by atoms with Gasteiger partial charge in [-0.2, -0.15) is 0 Å². The van der Waals surface area contributed by atoms with Gasteiger partial charge in [0.2, 0.25) is 5.91 Å². The van der Waals surface area contributed by atoms with E-state index in [0.717, 1.165) is 24.1 Å². The third-order valence-corrected chi connectivity index (χ3v) is 4.38. The van der Waals surface area contributed by atoms with Crippen molar-refractivity contribution in [2.45, 2.75) is 52.5 Å². The number of alkyl halides is 1. The Balaban J connectivity index is 2.39. The zero-order valence-corrected chi connectivity index (χ0v) is 12.2. The first-order chi connectivity index (χ1) is 7.54. The maximum absolute atomic E-state index is 12.0. The molecule has 94 valence electrons. The molecule has 1 aliphatic rings. The molecule has 16 heavy (non-hydrogen) atoms. The van der Waals surface area contributed by atoms with Gasteiger partial charge in [-0.25, -0.2) is 0 Å². The van der Waals surface area contributed by atoms with Crippen molar-refractivity contribution >= 4 is 21.8 Å². The van der Waals surface area contributed by atoms with Crippen molar-refractivity contribution in [1.82, 2.24) is 5.32 Å². The van der Waals surface area contributed by atoms with Crippen LogP contribution in [0.25, 0.3) is 0 Å². The maximum Gasteiger partial charge on any atom is 0.223 e. The third-order valence-electron chi connectivity index (χ3n) is 3.69. The van der Waals surface area contributed by atoms with E-state index in [4.69, 9.17) is 0 Å². The van der Waals surface area contributed by atoms with Crippen LogP contribution < -0.4 is 5.32 Å². The Kier molecular flexibility index (Phi) is 5.81. The summed E-state index contributed by atoms with van der Waals surface area (Å²) in [6.45, 7) is 6.58. The van der Waals surface area contributed by atoms with Crippen LogP contribution in [0.3, 0.4) is 0 Å². The number of hydrogen-bond donors (Lipinski definition) is 1. The highest BCUT2D eigenvalue weighted by molar-refractivity contribution is 9.09. The molecule has 0 heterocycles. The lowest BCUT2D eigenvalue weighted by Gasteiger charge is -2.28. The standard InChI is InChI=1S/C13H24BrNO/c1-9(2)12(8-14)15-13(16)11-6-4-10(3)5-7-11/h9-12H,4-8H2,1-3H3,(H,15,16). The van der Waals surface area contributed by atoms with Crippen LogP contribution in [0.4, 0.5) is 0 Å². The molecule has 0 spiro atoms. The number of rotatable bonds is 4. The van der Waals surface area contributed by atoms with Crippen molar-refractivity contribution in [3.05, 3.63) is 0 Å². The molecule has 1 fully saturated rings. The normalized spacial score (nSPS) is 27.8. The smallest absolute Gasteiger partial charge is 0.223 e. The molecule has 0 saturated heterocycles. The quantitative estimate of drug-likeness (QED) is 0.790. The van der Waals surface area contributed by atoms with Gasteiger partial charge in [-0.05, 0) is 37.5 Å². The van der Waals surface area contributed by atoms with Crippen LogP contribution in [0, 0.1) is 17.8 Å². The largest absolute Gasteiger partial charge is 0.352 e. The van der Waals surface area contributed by atoms with Crippen LogP contribution in [-0.4, -0.2) is 17.3 Å². The maximum atomic E-state index is 12.0. The first kappa shape index (κ1) is 14.0. The summed E-state index contributed by atoms with van der Waals surface area (Å²) in [6.07, 6.45) is 4.55. The number of halogens is 1. The molecule has 0 aliphatic heterocycles. The summed E-state index contributed by atoms with van der Waals surface area (Å²) in [5, 5.41) is 4.01. The predicted octanol–water partition coefficient (Wildman–Crippen LogP) is 3.35. The Morgan fingerprint density at radius 1 is 1.31 bits per heavy atom. The summed E-state index contributed by atoms with van der Waals surface area (Å²) in [5.41, 5.74) is 0. The van der Waals surface area contributed by atoms with E-state index in [1.807, 2.05) is 0 Å². The van der Waals surface area contributed by atoms with Gasteiger partial charge in [0.15, 0.2) is 0 Å². The van der Waals surface area contributed by atoms with Crippen LogP contribution >= 0.6 is 15.9 Å². The SMILES string of the molecule is CC1CCC(C(=O)NC(CBr)C(C)C)CC1. The van der Waals surface area contributed by atoms with Crippen LogP contribution in [0.2, 0.25) is 0 Å². The lowest BCUT2D eigenvalue weighted by Crippen LogP contribution is -2.43. The fourth-order valence-corrected chi connectivity index (χ4v) is 3.12. The Labute approximate surface area is 108 Å². The second-order valence-electron chi connectivity index (χ2n) is 5.47. The molecule has 1 unspecified atom stereocenters. The molecule has 0 aromatic carbocycles. The highest BCUT2D eigenvalue weighted by Crippen LogP contribution is 2.28. The highest BCUT2D eigenvalue weighted by Gasteiger charge is 2.26. The fraction of sp³-hybridized carbons (Fsp3) is 0.923. The minimum absolute atomic E-state index is 0.261. The van der Waals surface area contributed by atoms with Gasteiger partial charge in [0.05, 0.1) is 0 Å². The van der Waals surface area contributed by atoms with E-state index < -0.39 is 0 Å². The van der Waals surface area contributed by atoms with Gasteiger partial charge < -0.3 is 5.32 Å². The average Bonchev–Trinajstić information content (AvgIpc) is 2.26. The number of hydrogen-bond acceptors (Lipinski definition) is 1. The molecule has 1 saturated carbocycles. The average molecular weight is 290 g/mol. The molecule has 1 amide bonds. The Bertz CT molecular complexity index is 222. The number of amides is 1. The zero-order chi connectivity index (χ0) is 12.1. The first-order valence-electron chi connectivity index (χ1n) is 6.41. The topological polar surface area (TPSA) is 29.1 Å². The van der Waals surface area contributed by atoms with E-state index in [-0.39, 0.29) is 17.9 Å². The van der Waals surface area contributed by atoms with Crippen molar-refractivity contribution < 1.29 is 4.79 Å². The number of carbonyl (C=O) groups excluding carboxylic acids is 1. The molecule has 0 radical (unpaired) electrons. The molecule has 1 rings (SSSR count). The van der Waals surface area contributed by atoms with E-state index in [0.29, 0.717) is 5.92 Å². The number of nitrogens with one attached hydrogen (secondary N) is 1. The van der Waals surface area contributed by atoms with Crippen molar-refractivity contribution in [2.75, 3.05) is 5.33 Å². The van der Waals surface area contributed by atoms with Gasteiger partial charge in [0, 0.05) is 17.3 Å². The summed E-state index contributed by atoms with van der Waals surface area (Å²) in [4.78, 5) is 12.0. The molecule has 1 atom stereocenters. The lowest BCUT2D eigenvalue weighted by atomic mass is 9.82. The molecule has 0 bridgehead atoms. The van der Waals surface area contributed by atoms with Crippen LogP contribution in [-0.2, 0) is 4.79 Å². The van der Waals surface area contributed by atoms with Crippen molar-refractivity contribution in [1.29, 1.82) is 0 Å². The molecular formula is C13H24BrNO. The molecule has 2 nitrogen and oxygen atoms in total. The van der Waals surface area contributed by atoms with E-state index in [2.05, 4.69) is 42.0 Å². The van der Waals surface area contributed by atoms with Gasteiger partial charge in [-0.1, -0.05) is 36.7 Å². The second-order valence-corrected chi connectivity index (χ2v) is 6.12. The molecule has 1 aliphatic carbocycles. The summed E-state index contributed by atoms with van der Waals surface area (Å²) >= 11 is 3.46. The minimum Gasteiger partial charge on any atom is -0.352 e. The highest BCUT2D eigenvalue weighted by atomic mass is 79.9. The van der Waals surface area contributed by atoms with Gasteiger partial charge >= 0.3 is 0 Å². The third kappa shape index (κ3) is 4.08. The Morgan fingerprint density at radius 2 is 1.88 bits per heavy atom. The van der Waals surface area contributed by atoms with Gasteiger partial charge in [-0.15, -0.1) is 0 Å². The van der Waals surface area contributed by atoms with E-state index in [9.17, 15) is 4.79 Å². The van der Waals surface area contributed by atoms with E-state index >= 15 is 0 Å². The zero-order valence-electron chi connectivity index (χ0n) is 10.6. The van der Waals surface area contributed by atoms with Crippen molar-refractivity contribution in [3.63, 3.8) is 0 Å². The second kappa shape index (κ2) is 6.63. The van der Waals surface area contributed by atoms with E-state index in [1.165, 1.54) is 12.8 Å². The summed E-state index contributed by atoms with van der Waals surface area (Å²) in [7, 11) is 0. The van der Waals surface area contributed by atoms with E-state index in [1.54, 1.807) is 0 Å². The summed E-state index contributed by atoms with van der Waals surface area (Å²) < 4.78 is 0. The number of carbonyl (C=O) groups is 1. The van der Waals surface area contributed by atoms with Crippen LogP contribution in [0.1, 0.15) is 46.5 Å². The van der Waals surface area contributed by atoms with Gasteiger partial charge in [0.25, 0.3) is 0 Å².